The number of rotatable bonds is 3. The van der Waals surface area contributed by atoms with E-state index in [4.69, 9.17) is 0 Å². The zero-order valence-corrected chi connectivity index (χ0v) is 10.8. The number of thioether (sulfide) groups is 2. The minimum Gasteiger partial charge on any atom is -0.381 e. The van der Waals surface area contributed by atoms with Crippen molar-refractivity contribution in [1.82, 2.24) is 0 Å². The quantitative estimate of drug-likeness (QED) is 0.808. The fourth-order valence-corrected chi connectivity index (χ4v) is 3.47. The van der Waals surface area contributed by atoms with Gasteiger partial charge in [-0.2, -0.15) is 11.8 Å². The third-order valence-electron chi connectivity index (χ3n) is 2.64. The molecule has 2 rings (SSSR count). The summed E-state index contributed by atoms with van der Waals surface area (Å²) in [6.07, 6.45) is 3.40. The lowest BCUT2D eigenvalue weighted by Crippen LogP contribution is -2.18. The molecule has 0 aliphatic carbocycles. The molecule has 1 aliphatic rings. The van der Waals surface area contributed by atoms with Gasteiger partial charge in [0.15, 0.2) is 0 Å². The summed E-state index contributed by atoms with van der Waals surface area (Å²) in [5.74, 6) is 1.24. The van der Waals surface area contributed by atoms with Gasteiger partial charge < -0.3 is 5.32 Å². The second-order valence-electron chi connectivity index (χ2n) is 3.95. The maximum Gasteiger partial charge on any atom is 0.0362 e. The van der Waals surface area contributed by atoms with Crippen LogP contribution < -0.4 is 5.32 Å². The van der Waals surface area contributed by atoms with Gasteiger partial charge in [-0.15, -0.1) is 11.8 Å². The van der Waals surface area contributed by atoms with Crippen LogP contribution in [-0.4, -0.2) is 23.3 Å². The van der Waals surface area contributed by atoms with Crippen molar-refractivity contribution in [2.75, 3.05) is 17.3 Å². The van der Waals surface area contributed by atoms with Crippen LogP contribution in [0.1, 0.15) is 13.3 Å². The minimum absolute atomic E-state index is 0.655. The van der Waals surface area contributed by atoms with Crippen LogP contribution in [0.5, 0.6) is 0 Å². The van der Waals surface area contributed by atoms with Crippen molar-refractivity contribution in [3.05, 3.63) is 24.3 Å². The van der Waals surface area contributed by atoms with Gasteiger partial charge in [-0.1, -0.05) is 13.0 Å². The molecular formula is C12H17NS2. The molecule has 1 aromatic rings. The van der Waals surface area contributed by atoms with E-state index in [0.29, 0.717) is 6.04 Å². The summed E-state index contributed by atoms with van der Waals surface area (Å²) in [4.78, 5) is 1.33. The topological polar surface area (TPSA) is 12.0 Å². The Morgan fingerprint density at radius 1 is 1.47 bits per heavy atom. The van der Waals surface area contributed by atoms with Crippen molar-refractivity contribution in [2.45, 2.75) is 29.5 Å². The van der Waals surface area contributed by atoms with E-state index in [9.17, 15) is 0 Å². The lowest BCUT2D eigenvalue weighted by Gasteiger charge is -2.13. The molecule has 15 heavy (non-hydrogen) atoms. The summed E-state index contributed by atoms with van der Waals surface area (Å²) in [6, 6.07) is 9.33. The molecule has 2 atom stereocenters. The second kappa shape index (κ2) is 5.17. The van der Waals surface area contributed by atoms with E-state index in [1.54, 1.807) is 11.8 Å². The van der Waals surface area contributed by atoms with Crippen LogP contribution in [-0.2, 0) is 0 Å². The van der Waals surface area contributed by atoms with E-state index in [2.05, 4.69) is 54.5 Å². The first-order chi connectivity index (χ1) is 7.28. The van der Waals surface area contributed by atoms with Crippen LogP contribution in [0.3, 0.4) is 0 Å². The maximum absolute atomic E-state index is 3.61. The van der Waals surface area contributed by atoms with Gasteiger partial charge in [0.2, 0.25) is 0 Å². The normalized spacial score (nSPS) is 25.5. The molecular weight excluding hydrogens is 222 g/mol. The molecule has 2 unspecified atom stereocenters. The van der Waals surface area contributed by atoms with Gasteiger partial charge in [0.05, 0.1) is 0 Å². The SMILES string of the molecule is CSc1cccc(NC2CSC(C)C2)c1. The number of hydrogen-bond acceptors (Lipinski definition) is 3. The molecule has 0 radical (unpaired) electrons. The molecule has 1 nitrogen and oxygen atoms in total. The van der Waals surface area contributed by atoms with E-state index in [-0.39, 0.29) is 0 Å². The molecule has 1 N–H and O–H groups in total. The largest absolute Gasteiger partial charge is 0.381 e. The Morgan fingerprint density at radius 2 is 2.33 bits per heavy atom. The Bertz CT molecular complexity index is 327. The lowest BCUT2D eigenvalue weighted by atomic mass is 10.2. The first-order valence-corrected chi connectivity index (χ1v) is 7.57. The number of hydrogen-bond donors (Lipinski definition) is 1. The molecule has 0 amide bonds. The van der Waals surface area contributed by atoms with E-state index in [1.165, 1.54) is 22.8 Å². The summed E-state index contributed by atoms with van der Waals surface area (Å²) >= 11 is 3.86. The fourth-order valence-electron chi connectivity index (χ4n) is 1.87. The van der Waals surface area contributed by atoms with Crippen molar-refractivity contribution < 1.29 is 0 Å². The highest BCUT2D eigenvalue weighted by Crippen LogP contribution is 2.29. The number of nitrogens with one attached hydrogen (secondary N) is 1. The predicted octanol–water partition coefficient (Wildman–Crippen LogP) is 3.71. The molecule has 0 aromatic heterocycles. The van der Waals surface area contributed by atoms with E-state index in [0.717, 1.165) is 5.25 Å². The highest BCUT2D eigenvalue weighted by Gasteiger charge is 2.21. The molecule has 0 spiro atoms. The fraction of sp³-hybridized carbons (Fsp3) is 0.500. The van der Waals surface area contributed by atoms with E-state index < -0.39 is 0 Å². The van der Waals surface area contributed by atoms with Crippen LogP contribution in [0.2, 0.25) is 0 Å². The van der Waals surface area contributed by atoms with Crippen LogP contribution in [0.4, 0.5) is 5.69 Å². The summed E-state index contributed by atoms with van der Waals surface area (Å²) in [5, 5.41) is 4.42. The Kier molecular flexibility index (Phi) is 3.87. The molecule has 3 heteroatoms. The molecule has 1 saturated heterocycles. The van der Waals surface area contributed by atoms with Gasteiger partial charge >= 0.3 is 0 Å². The number of anilines is 1. The van der Waals surface area contributed by atoms with Crippen LogP contribution in [0.15, 0.2) is 29.2 Å². The summed E-state index contributed by atoms with van der Waals surface area (Å²) in [6.45, 7) is 2.31. The van der Waals surface area contributed by atoms with Crippen LogP contribution in [0.25, 0.3) is 0 Å². The maximum atomic E-state index is 3.61. The average Bonchev–Trinajstić information content (AvgIpc) is 2.64. The zero-order chi connectivity index (χ0) is 10.7. The molecule has 1 aromatic carbocycles. The highest BCUT2D eigenvalue weighted by molar-refractivity contribution is 8.00. The van der Waals surface area contributed by atoms with Gasteiger partial charge in [0.1, 0.15) is 0 Å². The summed E-state index contributed by atoms with van der Waals surface area (Å²) < 4.78 is 0. The van der Waals surface area contributed by atoms with Gasteiger partial charge in [0, 0.05) is 27.6 Å². The number of benzene rings is 1. The molecule has 82 valence electrons. The van der Waals surface area contributed by atoms with Crippen molar-refractivity contribution in [2.24, 2.45) is 0 Å². The van der Waals surface area contributed by atoms with Crippen molar-refractivity contribution in [3.8, 4) is 0 Å². The lowest BCUT2D eigenvalue weighted by molar-refractivity contribution is 0.747. The van der Waals surface area contributed by atoms with Gasteiger partial charge in [0.25, 0.3) is 0 Å². The Labute approximate surface area is 100 Å². The summed E-state index contributed by atoms with van der Waals surface area (Å²) in [7, 11) is 0. The molecule has 1 fully saturated rings. The average molecular weight is 239 g/mol. The van der Waals surface area contributed by atoms with Crippen molar-refractivity contribution >= 4 is 29.2 Å². The Hall–Kier alpha value is -0.280. The van der Waals surface area contributed by atoms with E-state index in [1.807, 2.05) is 0 Å². The molecule has 1 heterocycles. The Balaban J connectivity index is 1.98. The first-order valence-electron chi connectivity index (χ1n) is 5.30. The smallest absolute Gasteiger partial charge is 0.0362 e. The zero-order valence-electron chi connectivity index (χ0n) is 9.19. The van der Waals surface area contributed by atoms with Crippen LogP contribution in [0, 0.1) is 0 Å². The monoisotopic (exact) mass is 239 g/mol. The van der Waals surface area contributed by atoms with Crippen molar-refractivity contribution in [1.29, 1.82) is 0 Å². The van der Waals surface area contributed by atoms with Gasteiger partial charge in [-0.25, -0.2) is 0 Å². The second-order valence-corrected chi connectivity index (χ2v) is 6.30. The third kappa shape index (κ3) is 3.08. The summed E-state index contributed by atoms with van der Waals surface area (Å²) in [5.41, 5.74) is 1.27. The molecule has 0 saturated carbocycles. The molecule has 1 aliphatic heterocycles. The van der Waals surface area contributed by atoms with Crippen LogP contribution >= 0.6 is 23.5 Å². The highest BCUT2D eigenvalue weighted by atomic mass is 32.2. The standard InChI is InChI=1S/C12H17NS2/c1-9-6-11(8-15-9)13-10-4-3-5-12(7-10)14-2/h3-5,7,9,11,13H,6,8H2,1-2H3. The van der Waals surface area contributed by atoms with Crippen molar-refractivity contribution in [3.63, 3.8) is 0 Å². The predicted molar refractivity (Wildman–Crippen MR) is 72.2 cm³/mol. The Morgan fingerprint density at radius 3 is 3.00 bits per heavy atom. The molecule has 0 bridgehead atoms. The third-order valence-corrected chi connectivity index (χ3v) is 4.72. The van der Waals surface area contributed by atoms with Gasteiger partial charge in [-0.3, -0.25) is 0 Å². The van der Waals surface area contributed by atoms with E-state index >= 15 is 0 Å². The minimum atomic E-state index is 0.655. The van der Waals surface area contributed by atoms with Gasteiger partial charge in [-0.05, 0) is 30.9 Å². The first kappa shape index (κ1) is 11.2.